The molecule has 6 nitrogen and oxygen atoms in total. The van der Waals surface area contributed by atoms with Crippen LogP contribution in [0.3, 0.4) is 0 Å². The highest BCUT2D eigenvalue weighted by molar-refractivity contribution is 5.66. The Bertz CT molecular complexity index is 461. The molecule has 0 saturated carbocycles. The van der Waals surface area contributed by atoms with E-state index >= 15 is 0 Å². The third kappa shape index (κ3) is 5.86. The molecule has 0 aliphatic rings. The fraction of sp³-hybridized carbons (Fsp3) is 0.643. The topological polar surface area (TPSA) is 84.3 Å². The van der Waals surface area contributed by atoms with Crippen LogP contribution in [0, 0.1) is 12.3 Å². The lowest BCUT2D eigenvalue weighted by Crippen LogP contribution is -2.18. The van der Waals surface area contributed by atoms with E-state index in [9.17, 15) is 4.79 Å². The second-order valence-corrected chi connectivity index (χ2v) is 5.58. The van der Waals surface area contributed by atoms with E-state index in [4.69, 9.17) is 9.84 Å². The molecule has 0 amide bonds. The molecule has 112 valence electrons. The van der Waals surface area contributed by atoms with Crippen LogP contribution in [0.5, 0.6) is 5.88 Å². The third-order valence-electron chi connectivity index (χ3n) is 3.15. The zero-order valence-electron chi connectivity index (χ0n) is 12.6. The Morgan fingerprint density at radius 3 is 2.70 bits per heavy atom. The van der Waals surface area contributed by atoms with Crippen molar-refractivity contribution in [1.82, 2.24) is 9.97 Å². The molecule has 0 fully saturated rings. The molecular weight excluding hydrogens is 258 g/mol. The minimum absolute atomic E-state index is 0.0163. The Labute approximate surface area is 119 Å². The number of carboxylic acid groups (broad SMARTS) is 1. The van der Waals surface area contributed by atoms with Crippen LogP contribution in [-0.2, 0) is 4.79 Å². The lowest BCUT2D eigenvalue weighted by Gasteiger charge is -2.24. The van der Waals surface area contributed by atoms with Crippen LogP contribution in [0.4, 0.5) is 5.82 Å². The summed E-state index contributed by atoms with van der Waals surface area (Å²) in [7, 11) is 1.57. The van der Waals surface area contributed by atoms with Gasteiger partial charge in [-0.3, -0.25) is 4.79 Å². The van der Waals surface area contributed by atoms with Crippen molar-refractivity contribution in [3.05, 3.63) is 11.9 Å². The van der Waals surface area contributed by atoms with E-state index in [1.807, 2.05) is 6.92 Å². The minimum atomic E-state index is -0.748. The van der Waals surface area contributed by atoms with Crippen LogP contribution in [0.2, 0.25) is 0 Å². The van der Waals surface area contributed by atoms with Crippen molar-refractivity contribution in [2.45, 2.75) is 40.0 Å². The normalized spacial score (nSPS) is 11.2. The van der Waals surface area contributed by atoms with E-state index in [1.165, 1.54) is 0 Å². The standard InChI is InChI=1S/C14H23N3O3/c1-10-16-11(9-12(17-10)20-4)15-8-7-14(2,3)6-5-13(18)19/h9H,5-8H2,1-4H3,(H,18,19)(H,15,16,17). The summed E-state index contributed by atoms with van der Waals surface area (Å²) < 4.78 is 5.09. The van der Waals surface area contributed by atoms with E-state index in [0.717, 1.165) is 18.8 Å². The highest BCUT2D eigenvalue weighted by atomic mass is 16.5. The summed E-state index contributed by atoms with van der Waals surface area (Å²) in [5.74, 6) is 1.16. The van der Waals surface area contributed by atoms with Gasteiger partial charge in [0.25, 0.3) is 0 Å². The summed E-state index contributed by atoms with van der Waals surface area (Å²) in [6.45, 7) is 6.68. The van der Waals surface area contributed by atoms with Crippen molar-refractivity contribution in [3.8, 4) is 5.88 Å². The number of aromatic nitrogens is 2. The zero-order valence-corrected chi connectivity index (χ0v) is 12.6. The van der Waals surface area contributed by atoms with Crippen molar-refractivity contribution in [2.24, 2.45) is 5.41 Å². The Kier molecular flexibility index (Phi) is 5.73. The van der Waals surface area contributed by atoms with E-state index in [2.05, 4.69) is 29.1 Å². The third-order valence-corrected chi connectivity index (χ3v) is 3.15. The SMILES string of the molecule is COc1cc(NCCC(C)(C)CCC(=O)O)nc(C)n1. The number of hydrogen-bond donors (Lipinski definition) is 2. The van der Waals surface area contributed by atoms with Gasteiger partial charge in [-0.15, -0.1) is 0 Å². The van der Waals surface area contributed by atoms with Crippen molar-refractivity contribution < 1.29 is 14.6 Å². The molecule has 0 radical (unpaired) electrons. The average molecular weight is 281 g/mol. The molecule has 6 heteroatoms. The smallest absolute Gasteiger partial charge is 0.303 e. The molecule has 0 aromatic carbocycles. The van der Waals surface area contributed by atoms with Crippen LogP contribution >= 0.6 is 0 Å². The number of hydrogen-bond acceptors (Lipinski definition) is 5. The number of nitrogens with one attached hydrogen (secondary N) is 1. The Morgan fingerprint density at radius 2 is 2.10 bits per heavy atom. The number of rotatable bonds is 8. The Balaban J connectivity index is 2.47. The number of carbonyl (C=O) groups is 1. The number of carboxylic acids is 1. The molecule has 1 aromatic heterocycles. The van der Waals surface area contributed by atoms with E-state index in [1.54, 1.807) is 13.2 Å². The Hall–Kier alpha value is -1.85. The lowest BCUT2D eigenvalue weighted by molar-refractivity contribution is -0.137. The molecular formula is C14H23N3O3. The first-order valence-electron chi connectivity index (χ1n) is 6.68. The molecule has 1 rings (SSSR count). The highest BCUT2D eigenvalue weighted by Gasteiger charge is 2.18. The lowest BCUT2D eigenvalue weighted by atomic mass is 9.84. The summed E-state index contributed by atoms with van der Waals surface area (Å²) in [6, 6.07) is 1.75. The molecule has 1 heterocycles. The van der Waals surface area contributed by atoms with Crippen molar-refractivity contribution in [3.63, 3.8) is 0 Å². The number of methoxy groups -OCH3 is 1. The molecule has 0 bridgehead atoms. The Morgan fingerprint density at radius 1 is 1.40 bits per heavy atom. The molecule has 0 spiro atoms. The van der Waals surface area contributed by atoms with Crippen molar-refractivity contribution in [1.29, 1.82) is 0 Å². The molecule has 0 atom stereocenters. The summed E-state index contributed by atoms with van der Waals surface area (Å²) in [6.07, 6.45) is 1.73. The molecule has 0 saturated heterocycles. The van der Waals surface area contributed by atoms with Crippen LogP contribution in [0.15, 0.2) is 6.07 Å². The summed E-state index contributed by atoms with van der Waals surface area (Å²) in [4.78, 5) is 19.0. The number of ether oxygens (including phenoxy) is 1. The maximum absolute atomic E-state index is 10.6. The minimum Gasteiger partial charge on any atom is -0.481 e. The van der Waals surface area contributed by atoms with Gasteiger partial charge in [0.15, 0.2) is 0 Å². The van der Waals surface area contributed by atoms with Gasteiger partial charge in [0.1, 0.15) is 11.6 Å². The fourth-order valence-corrected chi connectivity index (χ4v) is 1.83. The predicted octanol–water partition coefficient (Wildman–Crippen LogP) is 2.49. The fourth-order valence-electron chi connectivity index (χ4n) is 1.83. The largest absolute Gasteiger partial charge is 0.481 e. The van der Waals surface area contributed by atoms with Crippen LogP contribution in [-0.4, -0.2) is 34.7 Å². The summed E-state index contributed by atoms with van der Waals surface area (Å²) >= 11 is 0. The molecule has 2 N–H and O–H groups in total. The van der Waals surface area contributed by atoms with Gasteiger partial charge >= 0.3 is 5.97 Å². The summed E-state index contributed by atoms with van der Waals surface area (Å²) in [5, 5.41) is 11.9. The van der Waals surface area contributed by atoms with Gasteiger partial charge in [-0.25, -0.2) is 4.98 Å². The van der Waals surface area contributed by atoms with E-state index in [-0.39, 0.29) is 11.8 Å². The second kappa shape index (κ2) is 7.07. The molecule has 0 unspecified atom stereocenters. The number of aliphatic carboxylic acids is 1. The van der Waals surface area contributed by atoms with E-state index < -0.39 is 5.97 Å². The first-order chi connectivity index (χ1) is 9.32. The molecule has 0 aliphatic heterocycles. The zero-order chi connectivity index (χ0) is 15.2. The first-order valence-corrected chi connectivity index (χ1v) is 6.68. The van der Waals surface area contributed by atoms with Gasteiger partial charge in [-0.05, 0) is 25.2 Å². The predicted molar refractivity (Wildman–Crippen MR) is 77.1 cm³/mol. The average Bonchev–Trinajstić information content (AvgIpc) is 2.35. The molecule has 0 aliphatic carbocycles. The van der Waals surface area contributed by atoms with Gasteiger partial charge in [-0.1, -0.05) is 13.8 Å². The van der Waals surface area contributed by atoms with Gasteiger partial charge < -0.3 is 15.2 Å². The van der Waals surface area contributed by atoms with E-state index in [0.29, 0.717) is 18.1 Å². The maximum atomic E-state index is 10.6. The molecule has 1 aromatic rings. The van der Waals surface area contributed by atoms with Crippen molar-refractivity contribution >= 4 is 11.8 Å². The van der Waals surface area contributed by atoms with Gasteiger partial charge in [0, 0.05) is 19.0 Å². The maximum Gasteiger partial charge on any atom is 0.303 e. The number of aryl methyl sites for hydroxylation is 1. The quantitative estimate of drug-likeness (QED) is 0.761. The molecule has 20 heavy (non-hydrogen) atoms. The van der Waals surface area contributed by atoms with Crippen LogP contribution < -0.4 is 10.1 Å². The van der Waals surface area contributed by atoms with Crippen LogP contribution in [0.25, 0.3) is 0 Å². The monoisotopic (exact) mass is 281 g/mol. The van der Waals surface area contributed by atoms with Gasteiger partial charge in [0.05, 0.1) is 7.11 Å². The number of anilines is 1. The number of nitrogens with zero attached hydrogens (tertiary/aromatic N) is 2. The van der Waals surface area contributed by atoms with Crippen LogP contribution in [0.1, 0.15) is 38.9 Å². The first kappa shape index (κ1) is 16.2. The van der Waals surface area contributed by atoms with Crippen molar-refractivity contribution in [2.75, 3.05) is 19.0 Å². The van der Waals surface area contributed by atoms with Gasteiger partial charge in [0.2, 0.25) is 5.88 Å². The van der Waals surface area contributed by atoms with Gasteiger partial charge in [-0.2, -0.15) is 4.98 Å². The second-order valence-electron chi connectivity index (χ2n) is 5.58. The summed E-state index contributed by atoms with van der Waals surface area (Å²) in [5.41, 5.74) is -0.0163. The highest BCUT2D eigenvalue weighted by Crippen LogP contribution is 2.26.